The Morgan fingerprint density at radius 1 is 1.82 bits per heavy atom. The van der Waals surface area contributed by atoms with Crippen molar-refractivity contribution >= 4 is 6.41 Å². The van der Waals surface area contributed by atoms with Crippen molar-refractivity contribution in [3.8, 4) is 0 Å². The summed E-state index contributed by atoms with van der Waals surface area (Å²) in [4.78, 5) is 12.3. The van der Waals surface area contributed by atoms with Crippen LogP contribution in [-0.2, 0) is 9.53 Å². The first-order valence-corrected chi connectivity index (χ1v) is 3.82. The molecule has 1 aliphatic rings. The number of hydrogen-bond acceptors (Lipinski definition) is 3. The van der Waals surface area contributed by atoms with Gasteiger partial charge in [0.05, 0.1) is 19.3 Å². The van der Waals surface area contributed by atoms with E-state index in [-0.39, 0.29) is 6.04 Å². The highest BCUT2D eigenvalue weighted by atomic mass is 16.5. The SMILES string of the molecule is CNC[C@H]1COCCN1C=O. The van der Waals surface area contributed by atoms with E-state index in [4.69, 9.17) is 4.74 Å². The highest BCUT2D eigenvalue weighted by molar-refractivity contribution is 5.48. The van der Waals surface area contributed by atoms with E-state index >= 15 is 0 Å². The third-order valence-electron chi connectivity index (χ3n) is 1.85. The van der Waals surface area contributed by atoms with Crippen LogP contribution in [0.2, 0.25) is 0 Å². The van der Waals surface area contributed by atoms with Crippen LogP contribution >= 0.6 is 0 Å². The van der Waals surface area contributed by atoms with E-state index in [2.05, 4.69) is 5.32 Å². The number of hydrogen-bond donors (Lipinski definition) is 1. The quantitative estimate of drug-likeness (QED) is 0.539. The molecule has 0 unspecified atom stereocenters. The minimum Gasteiger partial charge on any atom is -0.377 e. The molecule has 11 heavy (non-hydrogen) atoms. The highest BCUT2D eigenvalue weighted by Gasteiger charge is 2.19. The number of ether oxygens (including phenoxy) is 1. The molecule has 0 saturated carbocycles. The molecule has 0 radical (unpaired) electrons. The molecule has 1 rings (SSSR count). The summed E-state index contributed by atoms with van der Waals surface area (Å²) in [5, 5.41) is 3.02. The predicted molar refractivity (Wildman–Crippen MR) is 41.3 cm³/mol. The maximum absolute atomic E-state index is 10.5. The van der Waals surface area contributed by atoms with E-state index in [1.807, 2.05) is 7.05 Å². The molecule has 0 aromatic rings. The van der Waals surface area contributed by atoms with Crippen LogP contribution in [0.25, 0.3) is 0 Å². The third kappa shape index (κ3) is 2.17. The Morgan fingerprint density at radius 3 is 3.27 bits per heavy atom. The molecule has 0 aromatic heterocycles. The van der Waals surface area contributed by atoms with E-state index < -0.39 is 0 Å². The van der Waals surface area contributed by atoms with Gasteiger partial charge in [-0.3, -0.25) is 4.79 Å². The molecule has 1 aliphatic heterocycles. The normalized spacial score (nSPS) is 25.2. The summed E-state index contributed by atoms with van der Waals surface area (Å²) in [5.74, 6) is 0. The lowest BCUT2D eigenvalue weighted by Gasteiger charge is -2.32. The second-order valence-electron chi connectivity index (χ2n) is 2.63. The van der Waals surface area contributed by atoms with Crippen molar-refractivity contribution in [1.82, 2.24) is 10.2 Å². The molecule has 4 nitrogen and oxygen atoms in total. The zero-order valence-corrected chi connectivity index (χ0v) is 6.75. The fourth-order valence-electron chi connectivity index (χ4n) is 1.22. The van der Waals surface area contributed by atoms with Gasteiger partial charge in [0, 0.05) is 13.1 Å². The Hall–Kier alpha value is -0.610. The molecule has 0 aromatic carbocycles. The van der Waals surface area contributed by atoms with Crippen LogP contribution in [0.1, 0.15) is 0 Å². The average molecular weight is 158 g/mol. The van der Waals surface area contributed by atoms with Crippen LogP contribution in [0.4, 0.5) is 0 Å². The van der Waals surface area contributed by atoms with Gasteiger partial charge in [-0.15, -0.1) is 0 Å². The summed E-state index contributed by atoms with van der Waals surface area (Å²) in [6, 6.07) is 0.214. The number of nitrogens with one attached hydrogen (secondary N) is 1. The molecule has 1 amide bonds. The zero-order valence-electron chi connectivity index (χ0n) is 6.75. The topological polar surface area (TPSA) is 41.6 Å². The largest absolute Gasteiger partial charge is 0.377 e. The van der Waals surface area contributed by atoms with Crippen LogP contribution in [0.5, 0.6) is 0 Å². The average Bonchev–Trinajstić information content (AvgIpc) is 2.06. The summed E-state index contributed by atoms with van der Waals surface area (Å²) in [5.41, 5.74) is 0. The van der Waals surface area contributed by atoms with Crippen LogP contribution in [-0.4, -0.2) is 50.7 Å². The van der Waals surface area contributed by atoms with Gasteiger partial charge in [-0.1, -0.05) is 0 Å². The molecule has 0 spiro atoms. The molecular formula is C7H14N2O2. The Bertz CT molecular complexity index is 128. The van der Waals surface area contributed by atoms with Crippen LogP contribution < -0.4 is 5.32 Å². The van der Waals surface area contributed by atoms with Crippen molar-refractivity contribution in [2.24, 2.45) is 0 Å². The van der Waals surface area contributed by atoms with Crippen molar-refractivity contribution in [2.75, 3.05) is 33.4 Å². The van der Waals surface area contributed by atoms with Gasteiger partial charge in [0.25, 0.3) is 0 Å². The minimum absolute atomic E-state index is 0.214. The summed E-state index contributed by atoms with van der Waals surface area (Å²) < 4.78 is 5.23. The molecule has 64 valence electrons. The minimum atomic E-state index is 0.214. The summed E-state index contributed by atoms with van der Waals surface area (Å²) >= 11 is 0. The second kappa shape index (κ2) is 4.31. The van der Waals surface area contributed by atoms with Gasteiger partial charge in [0.2, 0.25) is 6.41 Å². The highest BCUT2D eigenvalue weighted by Crippen LogP contribution is 2.02. The van der Waals surface area contributed by atoms with Gasteiger partial charge in [0.1, 0.15) is 0 Å². The van der Waals surface area contributed by atoms with Gasteiger partial charge < -0.3 is 15.0 Å². The van der Waals surface area contributed by atoms with Crippen molar-refractivity contribution in [3.05, 3.63) is 0 Å². The Balaban J connectivity index is 2.37. The number of amides is 1. The summed E-state index contributed by atoms with van der Waals surface area (Å²) in [6.07, 6.45) is 0.893. The lowest BCUT2D eigenvalue weighted by molar-refractivity contribution is -0.125. The Kier molecular flexibility index (Phi) is 3.32. The maximum atomic E-state index is 10.5. The smallest absolute Gasteiger partial charge is 0.210 e. The standard InChI is InChI=1S/C7H14N2O2/c1-8-4-7-5-11-3-2-9(7)6-10/h6-8H,2-5H2,1H3/t7-/m0/s1. The van der Waals surface area contributed by atoms with E-state index in [9.17, 15) is 4.79 Å². The van der Waals surface area contributed by atoms with Gasteiger partial charge in [-0.2, -0.15) is 0 Å². The fraction of sp³-hybridized carbons (Fsp3) is 0.857. The van der Waals surface area contributed by atoms with Crippen molar-refractivity contribution in [2.45, 2.75) is 6.04 Å². The van der Waals surface area contributed by atoms with Crippen molar-refractivity contribution in [3.63, 3.8) is 0 Å². The molecule has 4 heteroatoms. The first-order valence-electron chi connectivity index (χ1n) is 3.82. The second-order valence-corrected chi connectivity index (χ2v) is 2.63. The molecule has 0 aliphatic carbocycles. The van der Waals surface area contributed by atoms with Gasteiger partial charge in [-0.05, 0) is 7.05 Å². The fourth-order valence-corrected chi connectivity index (χ4v) is 1.22. The van der Waals surface area contributed by atoms with E-state index in [0.717, 1.165) is 19.5 Å². The van der Waals surface area contributed by atoms with Gasteiger partial charge in [0.15, 0.2) is 0 Å². The van der Waals surface area contributed by atoms with Gasteiger partial charge in [-0.25, -0.2) is 0 Å². The van der Waals surface area contributed by atoms with E-state index in [0.29, 0.717) is 13.2 Å². The van der Waals surface area contributed by atoms with E-state index in [1.165, 1.54) is 0 Å². The van der Waals surface area contributed by atoms with Crippen molar-refractivity contribution < 1.29 is 9.53 Å². The third-order valence-corrected chi connectivity index (χ3v) is 1.85. The van der Waals surface area contributed by atoms with Crippen LogP contribution in [0.3, 0.4) is 0 Å². The zero-order chi connectivity index (χ0) is 8.10. The number of carbonyl (C=O) groups is 1. The predicted octanol–water partition coefficient (Wildman–Crippen LogP) is -0.937. The molecule has 1 atom stereocenters. The molecule has 1 saturated heterocycles. The first kappa shape index (κ1) is 8.49. The number of likely N-dealkylation sites (N-methyl/N-ethyl adjacent to an activating group) is 1. The Labute approximate surface area is 66.5 Å². The van der Waals surface area contributed by atoms with E-state index in [1.54, 1.807) is 4.90 Å². The molecular weight excluding hydrogens is 144 g/mol. The van der Waals surface area contributed by atoms with Crippen LogP contribution in [0.15, 0.2) is 0 Å². The van der Waals surface area contributed by atoms with Crippen molar-refractivity contribution in [1.29, 1.82) is 0 Å². The number of carbonyl (C=O) groups excluding carboxylic acids is 1. The lowest BCUT2D eigenvalue weighted by atomic mass is 10.2. The number of morpholine rings is 1. The monoisotopic (exact) mass is 158 g/mol. The molecule has 1 N–H and O–H groups in total. The first-order chi connectivity index (χ1) is 5.38. The molecule has 1 heterocycles. The molecule has 0 bridgehead atoms. The summed E-state index contributed by atoms with van der Waals surface area (Å²) in [6.45, 7) is 2.84. The number of rotatable bonds is 3. The van der Waals surface area contributed by atoms with Gasteiger partial charge >= 0.3 is 0 Å². The van der Waals surface area contributed by atoms with Crippen LogP contribution in [0, 0.1) is 0 Å². The Morgan fingerprint density at radius 2 is 2.64 bits per heavy atom. The number of nitrogens with zero attached hydrogens (tertiary/aromatic N) is 1. The maximum Gasteiger partial charge on any atom is 0.210 e. The molecule has 1 fully saturated rings. The summed E-state index contributed by atoms with van der Waals surface area (Å²) in [7, 11) is 1.87. The lowest BCUT2D eigenvalue weighted by Crippen LogP contribution is -2.49.